The third-order valence-electron chi connectivity index (χ3n) is 5.05. The van der Waals surface area contributed by atoms with E-state index < -0.39 is 0 Å². The predicted molar refractivity (Wildman–Crippen MR) is 126 cm³/mol. The van der Waals surface area contributed by atoms with E-state index in [-0.39, 0.29) is 12.3 Å². The quantitative estimate of drug-likeness (QED) is 0.334. The lowest BCUT2D eigenvalue weighted by atomic mass is 10.1. The minimum atomic E-state index is -0.207. The Morgan fingerprint density at radius 2 is 1.75 bits per heavy atom. The van der Waals surface area contributed by atoms with E-state index in [1.165, 1.54) is 0 Å². The molecule has 0 aliphatic carbocycles. The molecule has 4 aromatic rings. The van der Waals surface area contributed by atoms with Crippen LogP contribution in [0.25, 0.3) is 16.9 Å². The molecule has 0 spiro atoms. The molecule has 0 saturated carbocycles. The summed E-state index contributed by atoms with van der Waals surface area (Å²) in [4.78, 5) is 12.3. The molecule has 0 bridgehead atoms. The number of aromatic nitrogens is 4. The van der Waals surface area contributed by atoms with Crippen LogP contribution in [0.1, 0.15) is 23.4 Å². The van der Waals surface area contributed by atoms with Gasteiger partial charge >= 0.3 is 0 Å². The number of amides is 1. The van der Waals surface area contributed by atoms with Crippen molar-refractivity contribution >= 4 is 23.7 Å². The first-order valence-corrected chi connectivity index (χ1v) is 10.6. The van der Waals surface area contributed by atoms with E-state index in [2.05, 4.69) is 15.6 Å². The van der Waals surface area contributed by atoms with Crippen LogP contribution in [0, 0.1) is 13.8 Å². The number of benzene rings is 2. The van der Waals surface area contributed by atoms with Crippen LogP contribution >= 0.6 is 11.6 Å². The highest BCUT2D eigenvalue weighted by molar-refractivity contribution is 6.31. The molecule has 1 amide bonds. The Morgan fingerprint density at radius 3 is 2.41 bits per heavy atom. The van der Waals surface area contributed by atoms with Gasteiger partial charge in [0.2, 0.25) is 5.91 Å². The SMILES string of the molecule is Cc1nn(CCC(=O)NN=Cc2cn(-c3ccccc3)nc2-c2ccccc2)c(C)c1Cl. The Labute approximate surface area is 191 Å². The van der Waals surface area contributed by atoms with Gasteiger partial charge in [-0.2, -0.15) is 15.3 Å². The maximum absolute atomic E-state index is 12.3. The molecule has 7 nitrogen and oxygen atoms in total. The number of halogens is 1. The second kappa shape index (κ2) is 9.62. The first-order chi connectivity index (χ1) is 15.5. The minimum absolute atomic E-state index is 0.207. The molecule has 0 aliphatic heterocycles. The molecule has 0 saturated heterocycles. The van der Waals surface area contributed by atoms with E-state index in [0.717, 1.165) is 33.9 Å². The van der Waals surface area contributed by atoms with E-state index in [4.69, 9.17) is 16.7 Å². The van der Waals surface area contributed by atoms with Crippen molar-refractivity contribution in [2.24, 2.45) is 5.10 Å². The zero-order valence-corrected chi connectivity index (χ0v) is 18.6. The summed E-state index contributed by atoms with van der Waals surface area (Å²) < 4.78 is 3.54. The topological polar surface area (TPSA) is 77.1 Å². The number of rotatable bonds is 7. The number of nitrogens with zero attached hydrogens (tertiary/aromatic N) is 5. The van der Waals surface area contributed by atoms with Crippen molar-refractivity contribution in [2.45, 2.75) is 26.8 Å². The van der Waals surface area contributed by atoms with Gasteiger partial charge in [-0.15, -0.1) is 0 Å². The highest BCUT2D eigenvalue weighted by Gasteiger charge is 2.12. The zero-order chi connectivity index (χ0) is 22.5. The molecule has 8 heteroatoms. The summed E-state index contributed by atoms with van der Waals surface area (Å²) in [6.07, 6.45) is 3.75. The number of hydrazone groups is 1. The molecular formula is C24H23ClN6O. The Hall–Kier alpha value is -3.71. The van der Waals surface area contributed by atoms with Crippen LogP contribution in [-0.2, 0) is 11.3 Å². The van der Waals surface area contributed by atoms with Crippen LogP contribution < -0.4 is 5.43 Å². The van der Waals surface area contributed by atoms with Crippen LogP contribution in [-0.4, -0.2) is 31.7 Å². The minimum Gasteiger partial charge on any atom is -0.273 e. The van der Waals surface area contributed by atoms with Gasteiger partial charge < -0.3 is 0 Å². The number of para-hydroxylation sites is 1. The number of hydrogen-bond donors (Lipinski definition) is 1. The molecule has 0 radical (unpaired) electrons. The molecule has 32 heavy (non-hydrogen) atoms. The van der Waals surface area contributed by atoms with Gasteiger partial charge in [0.25, 0.3) is 0 Å². The summed E-state index contributed by atoms with van der Waals surface area (Å²) in [5.74, 6) is -0.207. The zero-order valence-electron chi connectivity index (χ0n) is 17.9. The summed E-state index contributed by atoms with van der Waals surface area (Å²) in [5.41, 5.74) is 7.68. The smallest absolute Gasteiger partial charge is 0.241 e. The standard InChI is InChI=1S/C24H23ClN6O/c1-17-23(25)18(2)30(28-17)14-13-22(32)27-26-15-20-16-31(21-11-7-4-8-12-21)29-24(20)19-9-5-3-6-10-19/h3-12,15-16H,13-14H2,1-2H3,(H,27,32). The lowest BCUT2D eigenvalue weighted by Crippen LogP contribution is -2.20. The van der Waals surface area contributed by atoms with Gasteiger partial charge in [-0.25, -0.2) is 10.1 Å². The highest BCUT2D eigenvalue weighted by Crippen LogP contribution is 2.22. The molecule has 0 atom stereocenters. The highest BCUT2D eigenvalue weighted by atomic mass is 35.5. The van der Waals surface area contributed by atoms with Crippen LogP contribution in [0.4, 0.5) is 0 Å². The van der Waals surface area contributed by atoms with Crippen LogP contribution in [0.3, 0.4) is 0 Å². The largest absolute Gasteiger partial charge is 0.273 e. The van der Waals surface area contributed by atoms with Crippen molar-refractivity contribution in [1.29, 1.82) is 0 Å². The van der Waals surface area contributed by atoms with Crippen LogP contribution in [0.5, 0.6) is 0 Å². The fraction of sp³-hybridized carbons (Fsp3) is 0.167. The van der Waals surface area contributed by atoms with E-state index in [9.17, 15) is 4.79 Å². The fourth-order valence-corrected chi connectivity index (χ4v) is 3.48. The number of nitrogens with one attached hydrogen (secondary N) is 1. The maximum Gasteiger partial charge on any atom is 0.241 e. The summed E-state index contributed by atoms with van der Waals surface area (Å²) in [6, 6.07) is 19.7. The molecule has 4 rings (SSSR count). The second-order valence-electron chi connectivity index (χ2n) is 7.33. The number of carbonyl (C=O) groups excluding carboxylic acids is 1. The monoisotopic (exact) mass is 446 g/mol. The molecule has 162 valence electrons. The van der Waals surface area contributed by atoms with E-state index in [1.54, 1.807) is 15.6 Å². The average Bonchev–Trinajstić information content (AvgIpc) is 3.35. The number of hydrogen-bond acceptors (Lipinski definition) is 4. The predicted octanol–water partition coefficient (Wildman–Crippen LogP) is 4.55. The first-order valence-electron chi connectivity index (χ1n) is 10.2. The second-order valence-corrected chi connectivity index (χ2v) is 7.71. The summed E-state index contributed by atoms with van der Waals surface area (Å²) in [6.45, 7) is 4.16. The number of aryl methyl sites for hydroxylation is 2. The first kappa shape index (κ1) is 21.5. The molecule has 1 N–H and O–H groups in total. The van der Waals surface area contributed by atoms with Crippen molar-refractivity contribution in [3.63, 3.8) is 0 Å². The van der Waals surface area contributed by atoms with Crippen LogP contribution in [0.2, 0.25) is 5.02 Å². The summed E-state index contributed by atoms with van der Waals surface area (Å²) in [5, 5.41) is 13.9. The van der Waals surface area contributed by atoms with Crippen LogP contribution in [0.15, 0.2) is 72.0 Å². The Kier molecular flexibility index (Phi) is 6.47. The Balaban J connectivity index is 1.48. The lowest BCUT2D eigenvalue weighted by Gasteiger charge is -2.03. The molecule has 0 unspecified atom stereocenters. The summed E-state index contributed by atoms with van der Waals surface area (Å²) in [7, 11) is 0. The Morgan fingerprint density at radius 1 is 1.06 bits per heavy atom. The normalized spacial score (nSPS) is 11.2. The maximum atomic E-state index is 12.3. The van der Waals surface area contributed by atoms with Gasteiger partial charge in [0.05, 0.1) is 34.9 Å². The molecule has 2 aromatic heterocycles. The molecule has 2 heterocycles. The molecule has 0 aliphatic rings. The third-order valence-corrected chi connectivity index (χ3v) is 5.59. The molecular weight excluding hydrogens is 424 g/mol. The van der Waals surface area contributed by atoms with E-state index in [0.29, 0.717) is 11.6 Å². The van der Waals surface area contributed by atoms with Crippen molar-refractivity contribution < 1.29 is 4.79 Å². The van der Waals surface area contributed by atoms with E-state index in [1.807, 2.05) is 80.7 Å². The van der Waals surface area contributed by atoms with Crippen molar-refractivity contribution in [2.75, 3.05) is 0 Å². The molecule has 2 aromatic carbocycles. The van der Waals surface area contributed by atoms with Gasteiger partial charge in [-0.05, 0) is 26.0 Å². The number of carbonyl (C=O) groups is 1. The van der Waals surface area contributed by atoms with Crippen molar-refractivity contribution in [3.05, 3.63) is 88.8 Å². The third kappa shape index (κ3) is 4.78. The summed E-state index contributed by atoms with van der Waals surface area (Å²) >= 11 is 6.16. The van der Waals surface area contributed by atoms with Crippen molar-refractivity contribution in [1.82, 2.24) is 25.0 Å². The van der Waals surface area contributed by atoms with Crippen molar-refractivity contribution in [3.8, 4) is 16.9 Å². The van der Waals surface area contributed by atoms with Gasteiger partial charge in [0, 0.05) is 23.7 Å². The Bertz CT molecular complexity index is 1240. The average molecular weight is 447 g/mol. The van der Waals surface area contributed by atoms with Gasteiger partial charge in [-0.3, -0.25) is 9.48 Å². The van der Waals surface area contributed by atoms with Gasteiger partial charge in [0.15, 0.2) is 0 Å². The molecule has 0 fully saturated rings. The van der Waals surface area contributed by atoms with E-state index >= 15 is 0 Å². The fourth-order valence-electron chi connectivity index (χ4n) is 3.35. The van der Waals surface area contributed by atoms with Gasteiger partial charge in [-0.1, -0.05) is 60.1 Å². The van der Waals surface area contributed by atoms with Gasteiger partial charge in [0.1, 0.15) is 5.69 Å². The lowest BCUT2D eigenvalue weighted by molar-refractivity contribution is -0.121.